The van der Waals surface area contributed by atoms with E-state index in [9.17, 15) is 9.59 Å². The van der Waals surface area contributed by atoms with E-state index in [0.29, 0.717) is 5.00 Å². The zero-order valence-electron chi connectivity index (χ0n) is 12.9. The predicted molar refractivity (Wildman–Crippen MR) is 88.7 cm³/mol. The largest absolute Gasteiger partial charge is 0.277 e. The molecule has 1 saturated heterocycles. The van der Waals surface area contributed by atoms with Crippen LogP contribution >= 0.6 is 23.3 Å². The van der Waals surface area contributed by atoms with Crippen molar-refractivity contribution >= 4 is 40.1 Å². The molecule has 2 aliphatic rings. The van der Waals surface area contributed by atoms with Crippen LogP contribution in [0.1, 0.15) is 39.0 Å². The summed E-state index contributed by atoms with van der Waals surface area (Å²) >= 11 is 2.83. The lowest BCUT2D eigenvalue weighted by atomic mass is 9.95. The van der Waals surface area contributed by atoms with Crippen LogP contribution in [0, 0.1) is 0 Å². The Hall–Kier alpha value is -1.48. The van der Waals surface area contributed by atoms with Gasteiger partial charge in [0, 0.05) is 6.07 Å². The van der Waals surface area contributed by atoms with Crippen LogP contribution in [0.3, 0.4) is 0 Å². The molecule has 1 N–H and O–H groups in total. The second kappa shape index (κ2) is 7.39. The number of carbonyl (C=O) groups is 2. The fraction of sp³-hybridized carbons (Fsp3) is 0.643. The van der Waals surface area contributed by atoms with E-state index in [0.717, 1.165) is 36.5 Å². The van der Waals surface area contributed by atoms with E-state index in [4.69, 9.17) is 0 Å². The number of aromatic nitrogens is 1. The topological polar surface area (TPSA) is 87.0 Å². The van der Waals surface area contributed by atoms with Gasteiger partial charge < -0.3 is 0 Å². The van der Waals surface area contributed by atoms with Crippen molar-refractivity contribution in [2.24, 2.45) is 10.2 Å². The lowest BCUT2D eigenvalue weighted by molar-refractivity contribution is -0.133. The van der Waals surface area contributed by atoms with E-state index in [1.54, 1.807) is 11.8 Å². The molecule has 23 heavy (non-hydrogen) atoms. The third kappa shape index (κ3) is 3.72. The van der Waals surface area contributed by atoms with Gasteiger partial charge in [-0.05, 0) is 30.1 Å². The first kappa shape index (κ1) is 16.4. The first-order valence-corrected chi connectivity index (χ1v) is 9.59. The average Bonchev–Trinajstić information content (AvgIpc) is 3.12. The maximum absolute atomic E-state index is 12.4. The highest BCUT2D eigenvalue weighted by Crippen LogP contribution is 2.28. The molecule has 7 nitrogen and oxygen atoms in total. The number of azo groups is 1. The Morgan fingerprint density at radius 2 is 2.17 bits per heavy atom. The van der Waals surface area contributed by atoms with Crippen molar-refractivity contribution in [1.82, 2.24) is 14.8 Å². The molecule has 3 rings (SSSR count). The SMILES string of the molecule is CCSc1cc(N=NC2C(=O)NN(C3CCCCC3)C2=O)sn1. The number of nitrogens with zero attached hydrogens (tertiary/aromatic N) is 4. The first-order chi connectivity index (χ1) is 11.2. The van der Waals surface area contributed by atoms with Gasteiger partial charge in [0.15, 0.2) is 5.00 Å². The van der Waals surface area contributed by atoms with Crippen molar-refractivity contribution in [2.45, 2.75) is 56.1 Å². The molecule has 1 aromatic heterocycles. The van der Waals surface area contributed by atoms with Gasteiger partial charge in [-0.2, -0.15) is 9.49 Å². The van der Waals surface area contributed by atoms with Gasteiger partial charge in [0.05, 0.1) is 6.04 Å². The van der Waals surface area contributed by atoms with E-state index >= 15 is 0 Å². The van der Waals surface area contributed by atoms with E-state index < -0.39 is 11.9 Å². The Labute approximate surface area is 143 Å². The number of nitrogens with one attached hydrogen (secondary N) is 1. The molecule has 2 fully saturated rings. The summed E-state index contributed by atoms with van der Waals surface area (Å²) in [5.74, 6) is 0.246. The highest BCUT2D eigenvalue weighted by Gasteiger charge is 2.43. The summed E-state index contributed by atoms with van der Waals surface area (Å²) in [6.07, 6.45) is 5.24. The number of rotatable bonds is 5. The van der Waals surface area contributed by atoms with E-state index in [1.807, 2.05) is 13.0 Å². The minimum atomic E-state index is -1.07. The van der Waals surface area contributed by atoms with Gasteiger partial charge in [0.25, 0.3) is 11.8 Å². The monoisotopic (exact) mass is 353 g/mol. The van der Waals surface area contributed by atoms with Crippen LogP contribution in [0.25, 0.3) is 0 Å². The van der Waals surface area contributed by atoms with Crippen molar-refractivity contribution in [3.63, 3.8) is 0 Å². The standard InChI is InChI=1S/C14H19N5O2S2/c1-2-22-11-8-10(23-18-11)15-16-12-13(20)17-19(14(12)21)9-6-4-3-5-7-9/h8-9,12H,2-7H2,1H3,(H,17,20). The molecule has 0 aromatic carbocycles. The van der Waals surface area contributed by atoms with Crippen LogP contribution in [0.4, 0.5) is 5.00 Å². The van der Waals surface area contributed by atoms with Crippen molar-refractivity contribution in [1.29, 1.82) is 0 Å². The fourth-order valence-electron chi connectivity index (χ4n) is 2.82. The smallest absolute Gasteiger partial charge is 0.270 e. The van der Waals surface area contributed by atoms with Gasteiger partial charge in [-0.3, -0.25) is 15.0 Å². The summed E-state index contributed by atoms with van der Waals surface area (Å²) in [6.45, 7) is 2.05. The van der Waals surface area contributed by atoms with Crippen molar-refractivity contribution in [2.75, 3.05) is 5.75 Å². The number of hydrogen-bond acceptors (Lipinski definition) is 7. The molecular weight excluding hydrogens is 334 g/mol. The minimum Gasteiger partial charge on any atom is -0.270 e. The fourth-order valence-corrected chi connectivity index (χ4v) is 4.19. The Balaban J connectivity index is 1.65. The molecule has 1 atom stereocenters. The Morgan fingerprint density at radius 3 is 2.91 bits per heavy atom. The van der Waals surface area contributed by atoms with Crippen molar-refractivity contribution in [3.8, 4) is 0 Å². The van der Waals surface area contributed by atoms with E-state index in [2.05, 4.69) is 20.0 Å². The summed E-state index contributed by atoms with van der Waals surface area (Å²) in [6, 6.07) is 0.844. The molecule has 2 heterocycles. The molecule has 1 unspecified atom stereocenters. The average molecular weight is 353 g/mol. The summed E-state index contributed by atoms with van der Waals surface area (Å²) in [7, 11) is 0. The predicted octanol–water partition coefficient (Wildman–Crippen LogP) is 2.91. The number of hydrogen-bond donors (Lipinski definition) is 1. The van der Waals surface area contributed by atoms with Crippen molar-refractivity contribution in [3.05, 3.63) is 6.07 Å². The molecule has 2 amide bonds. The lowest BCUT2D eigenvalue weighted by Crippen LogP contribution is -2.45. The molecule has 0 bridgehead atoms. The summed E-state index contributed by atoms with van der Waals surface area (Å²) < 4.78 is 4.23. The molecule has 1 saturated carbocycles. The number of amides is 2. The van der Waals surface area contributed by atoms with E-state index in [1.165, 1.54) is 23.0 Å². The molecule has 9 heteroatoms. The molecule has 0 radical (unpaired) electrons. The Bertz CT molecular complexity index is 612. The zero-order chi connectivity index (χ0) is 16.2. The van der Waals surface area contributed by atoms with Crippen molar-refractivity contribution < 1.29 is 9.59 Å². The molecular formula is C14H19N5O2S2. The van der Waals surface area contributed by atoms with Crippen LogP contribution in [-0.4, -0.2) is 39.0 Å². The van der Waals surface area contributed by atoms with E-state index in [-0.39, 0.29) is 11.9 Å². The third-order valence-electron chi connectivity index (χ3n) is 3.93. The van der Waals surface area contributed by atoms with Crippen LogP contribution in [0.2, 0.25) is 0 Å². The first-order valence-electron chi connectivity index (χ1n) is 7.83. The van der Waals surface area contributed by atoms with Gasteiger partial charge in [0.2, 0.25) is 6.04 Å². The lowest BCUT2D eigenvalue weighted by Gasteiger charge is -2.29. The molecule has 1 aliphatic carbocycles. The molecule has 0 spiro atoms. The second-order valence-electron chi connectivity index (χ2n) is 5.53. The Morgan fingerprint density at radius 1 is 1.39 bits per heavy atom. The van der Waals surface area contributed by atoms with Gasteiger partial charge in [-0.1, -0.05) is 26.2 Å². The maximum atomic E-state index is 12.4. The number of thioether (sulfide) groups is 1. The quantitative estimate of drug-likeness (QED) is 0.501. The Kier molecular flexibility index (Phi) is 5.27. The van der Waals surface area contributed by atoms with Crippen LogP contribution in [-0.2, 0) is 9.59 Å². The highest BCUT2D eigenvalue weighted by atomic mass is 32.2. The normalized spacial score (nSPS) is 23.0. The van der Waals surface area contributed by atoms with Gasteiger partial charge in [-0.25, -0.2) is 5.01 Å². The number of hydrazine groups is 1. The number of carbonyl (C=O) groups excluding carboxylic acids is 2. The minimum absolute atomic E-state index is 0.0939. The van der Waals surface area contributed by atoms with Gasteiger partial charge >= 0.3 is 0 Å². The second-order valence-corrected chi connectivity index (χ2v) is 7.60. The molecule has 1 aromatic rings. The maximum Gasteiger partial charge on any atom is 0.277 e. The summed E-state index contributed by atoms with van der Waals surface area (Å²) in [4.78, 5) is 24.4. The van der Waals surface area contributed by atoms with Crippen LogP contribution in [0.5, 0.6) is 0 Å². The summed E-state index contributed by atoms with van der Waals surface area (Å²) in [5.41, 5.74) is 2.66. The zero-order valence-corrected chi connectivity index (χ0v) is 14.5. The van der Waals surface area contributed by atoms with Crippen LogP contribution < -0.4 is 5.43 Å². The van der Waals surface area contributed by atoms with Gasteiger partial charge in [0.1, 0.15) is 5.03 Å². The van der Waals surface area contributed by atoms with Crippen LogP contribution in [0.15, 0.2) is 21.3 Å². The molecule has 1 aliphatic heterocycles. The third-order valence-corrected chi connectivity index (χ3v) is 5.51. The van der Waals surface area contributed by atoms with Gasteiger partial charge in [-0.15, -0.1) is 16.9 Å². The molecule has 124 valence electrons. The highest BCUT2D eigenvalue weighted by molar-refractivity contribution is 7.99. The summed E-state index contributed by atoms with van der Waals surface area (Å²) in [5, 5.41) is 11.0.